The summed E-state index contributed by atoms with van der Waals surface area (Å²) in [5, 5.41) is 8.77. The predicted molar refractivity (Wildman–Crippen MR) is 62.8 cm³/mol. The SMILES string of the molecule is N#Cc1cccc(COCC2CCCC2)c1. The quantitative estimate of drug-likeness (QED) is 0.772. The molecule has 1 aliphatic rings. The monoisotopic (exact) mass is 215 g/mol. The Labute approximate surface area is 96.9 Å². The van der Waals surface area contributed by atoms with Crippen LogP contribution in [-0.2, 0) is 11.3 Å². The van der Waals surface area contributed by atoms with E-state index in [0.29, 0.717) is 12.2 Å². The van der Waals surface area contributed by atoms with Gasteiger partial charge in [-0.15, -0.1) is 0 Å². The summed E-state index contributed by atoms with van der Waals surface area (Å²) in [5.41, 5.74) is 1.80. The van der Waals surface area contributed by atoms with E-state index < -0.39 is 0 Å². The lowest BCUT2D eigenvalue weighted by Crippen LogP contribution is -2.05. The van der Waals surface area contributed by atoms with E-state index in [0.717, 1.165) is 18.1 Å². The first-order valence-corrected chi connectivity index (χ1v) is 5.95. The second kappa shape index (κ2) is 5.67. The van der Waals surface area contributed by atoms with Crippen molar-refractivity contribution in [3.05, 3.63) is 35.4 Å². The van der Waals surface area contributed by atoms with Gasteiger partial charge < -0.3 is 4.74 Å². The molecule has 0 aromatic heterocycles. The molecule has 0 saturated heterocycles. The van der Waals surface area contributed by atoms with Crippen molar-refractivity contribution in [2.45, 2.75) is 32.3 Å². The summed E-state index contributed by atoms with van der Waals surface area (Å²) in [6.07, 6.45) is 5.35. The van der Waals surface area contributed by atoms with Gasteiger partial charge in [-0.05, 0) is 36.5 Å². The molecule has 0 radical (unpaired) electrons. The number of ether oxygens (including phenoxy) is 1. The molecule has 1 aromatic carbocycles. The second-order valence-corrected chi connectivity index (χ2v) is 4.48. The summed E-state index contributed by atoms with van der Waals surface area (Å²) in [4.78, 5) is 0. The number of rotatable bonds is 4. The van der Waals surface area contributed by atoms with Crippen LogP contribution in [0.5, 0.6) is 0 Å². The van der Waals surface area contributed by atoms with E-state index in [-0.39, 0.29) is 0 Å². The zero-order valence-corrected chi connectivity index (χ0v) is 9.48. The van der Waals surface area contributed by atoms with Gasteiger partial charge in [-0.1, -0.05) is 25.0 Å². The molecular weight excluding hydrogens is 198 g/mol. The molecule has 1 aliphatic carbocycles. The third kappa shape index (κ3) is 3.08. The van der Waals surface area contributed by atoms with Crippen LogP contribution in [-0.4, -0.2) is 6.61 Å². The van der Waals surface area contributed by atoms with E-state index in [1.807, 2.05) is 24.3 Å². The van der Waals surface area contributed by atoms with Crippen LogP contribution in [0.15, 0.2) is 24.3 Å². The van der Waals surface area contributed by atoms with Gasteiger partial charge in [0.2, 0.25) is 0 Å². The van der Waals surface area contributed by atoms with E-state index in [4.69, 9.17) is 10.00 Å². The topological polar surface area (TPSA) is 33.0 Å². The highest BCUT2D eigenvalue weighted by Crippen LogP contribution is 2.24. The van der Waals surface area contributed by atoms with Gasteiger partial charge in [0.25, 0.3) is 0 Å². The Bertz CT molecular complexity index is 375. The molecule has 84 valence electrons. The summed E-state index contributed by atoms with van der Waals surface area (Å²) in [7, 11) is 0. The third-order valence-electron chi connectivity index (χ3n) is 3.15. The van der Waals surface area contributed by atoms with E-state index in [9.17, 15) is 0 Å². The fraction of sp³-hybridized carbons (Fsp3) is 0.500. The number of nitrogens with zero attached hydrogens (tertiary/aromatic N) is 1. The maximum atomic E-state index is 8.77. The van der Waals surface area contributed by atoms with Gasteiger partial charge in [-0.25, -0.2) is 0 Å². The molecule has 0 amide bonds. The number of hydrogen-bond donors (Lipinski definition) is 0. The predicted octanol–water partition coefficient (Wildman–Crippen LogP) is 3.27. The maximum absolute atomic E-state index is 8.77. The fourth-order valence-corrected chi connectivity index (χ4v) is 2.25. The lowest BCUT2D eigenvalue weighted by molar-refractivity contribution is 0.0889. The van der Waals surface area contributed by atoms with Gasteiger partial charge in [-0.3, -0.25) is 0 Å². The fourth-order valence-electron chi connectivity index (χ4n) is 2.25. The van der Waals surface area contributed by atoms with Gasteiger partial charge in [0, 0.05) is 6.61 Å². The highest BCUT2D eigenvalue weighted by molar-refractivity contribution is 5.32. The molecule has 0 atom stereocenters. The molecule has 1 saturated carbocycles. The normalized spacial score (nSPS) is 16.2. The van der Waals surface area contributed by atoms with Crippen molar-refractivity contribution >= 4 is 0 Å². The third-order valence-corrected chi connectivity index (χ3v) is 3.15. The molecule has 0 bridgehead atoms. The van der Waals surface area contributed by atoms with Crippen LogP contribution >= 0.6 is 0 Å². The Morgan fingerprint density at radius 3 is 2.88 bits per heavy atom. The first kappa shape index (κ1) is 11.2. The highest BCUT2D eigenvalue weighted by atomic mass is 16.5. The van der Waals surface area contributed by atoms with Gasteiger partial charge >= 0.3 is 0 Å². The molecule has 0 heterocycles. The van der Waals surface area contributed by atoms with Gasteiger partial charge in [0.1, 0.15) is 0 Å². The zero-order chi connectivity index (χ0) is 11.2. The minimum absolute atomic E-state index is 0.631. The van der Waals surface area contributed by atoms with E-state index in [2.05, 4.69) is 6.07 Å². The van der Waals surface area contributed by atoms with Crippen LogP contribution in [0.4, 0.5) is 0 Å². The molecule has 16 heavy (non-hydrogen) atoms. The summed E-state index contributed by atoms with van der Waals surface area (Å²) >= 11 is 0. The molecule has 0 spiro atoms. The molecule has 0 N–H and O–H groups in total. The van der Waals surface area contributed by atoms with Gasteiger partial charge in [0.05, 0.1) is 18.2 Å². The van der Waals surface area contributed by atoms with Crippen molar-refractivity contribution in [1.29, 1.82) is 5.26 Å². The summed E-state index contributed by atoms with van der Waals surface area (Å²) in [6, 6.07) is 9.78. The Morgan fingerprint density at radius 1 is 1.31 bits per heavy atom. The van der Waals surface area contributed by atoms with Crippen molar-refractivity contribution in [3.8, 4) is 6.07 Å². The lowest BCUT2D eigenvalue weighted by atomic mass is 10.1. The van der Waals surface area contributed by atoms with Crippen molar-refractivity contribution < 1.29 is 4.74 Å². The van der Waals surface area contributed by atoms with Crippen LogP contribution < -0.4 is 0 Å². The summed E-state index contributed by atoms with van der Waals surface area (Å²) in [6.45, 7) is 1.50. The first-order chi connectivity index (χ1) is 7.88. The van der Waals surface area contributed by atoms with E-state index in [1.165, 1.54) is 25.7 Å². The molecule has 2 heteroatoms. The molecule has 2 rings (SSSR count). The van der Waals surface area contributed by atoms with Crippen molar-refractivity contribution in [1.82, 2.24) is 0 Å². The number of benzene rings is 1. The molecular formula is C14H17NO. The maximum Gasteiger partial charge on any atom is 0.0991 e. The average Bonchev–Trinajstić information content (AvgIpc) is 2.82. The van der Waals surface area contributed by atoms with Gasteiger partial charge in [-0.2, -0.15) is 5.26 Å². The standard InChI is InChI=1S/C14H17NO/c15-9-13-6-3-7-14(8-13)11-16-10-12-4-1-2-5-12/h3,6-8,12H,1-2,4-5,10-11H2. The van der Waals surface area contributed by atoms with Crippen LogP contribution in [0.25, 0.3) is 0 Å². The minimum Gasteiger partial charge on any atom is -0.376 e. The molecule has 0 aliphatic heterocycles. The van der Waals surface area contributed by atoms with Gasteiger partial charge in [0.15, 0.2) is 0 Å². The van der Waals surface area contributed by atoms with Crippen molar-refractivity contribution in [2.75, 3.05) is 6.61 Å². The smallest absolute Gasteiger partial charge is 0.0991 e. The van der Waals surface area contributed by atoms with E-state index >= 15 is 0 Å². The zero-order valence-electron chi connectivity index (χ0n) is 9.48. The van der Waals surface area contributed by atoms with Crippen molar-refractivity contribution in [2.24, 2.45) is 5.92 Å². The first-order valence-electron chi connectivity index (χ1n) is 5.95. The van der Waals surface area contributed by atoms with Crippen LogP contribution in [0.1, 0.15) is 36.8 Å². The Morgan fingerprint density at radius 2 is 2.12 bits per heavy atom. The molecule has 1 aromatic rings. The average molecular weight is 215 g/mol. The Hall–Kier alpha value is -1.33. The highest BCUT2D eigenvalue weighted by Gasteiger charge is 2.14. The number of hydrogen-bond acceptors (Lipinski definition) is 2. The summed E-state index contributed by atoms with van der Waals surface area (Å²) in [5.74, 6) is 0.763. The second-order valence-electron chi connectivity index (χ2n) is 4.48. The van der Waals surface area contributed by atoms with Crippen molar-refractivity contribution in [3.63, 3.8) is 0 Å². The largest absolute Gasteiger partial charge is 0.376 e. The van der Waals surface area contributed by atoms with E-state index in [1.54, 1.807) is 0 Å². The Balaban J connectivity index is 1.78. The molecule has 0 unspecified atom stereocenters. The summed E-state index contributed by atoms with van der Waals surface area (Å²) < 4.78 is 5.69. The molecule has 2 nitrogen and oxygen atoms in total. The minimum atomic E-state index is 0.631. The number of nitriles is 1. The molecule has 1 fully saturated rings. The lowest BCUT2D eigenvalue weighted by Gasteiger charge is -2.09. The Kier molecular flexibility index (Phi) is 3.96. The van der Waals surface area contributed by atoms with Crippen LogP contribution in [0.2, 0.25) is 0 Å². The van der Waals surface area contributed by atoms with Crippen LogP contribution in [0.3, 0.4) is 0 Å². The van der Waals surface area contributed by atoms with Crippen LogP contribution in [0, 0.1) is 17.2 Å².